The van der Waals surface area contributed by atoms with E-state index < -0.39 is 48.0 Å². The fourth-order valence-corrected chi connectivity index (χ4v) is 3.98. The molecule has 1 heterocycles. The Hall–Kier alpha value is -2.32. The van der Waals surface area contributed by atoms with Gasteiger partial charge in [-0.05, 0) is 27.8 Å². The van der Waals surface area contributed by atoms with Crippen LogP contribution in [0.25, 0.3) is 0 Å². The van der Waals surface area contributed by atoms with Gasteiger partial charge < -0.3 is 25.7 Å². The van der Waals surface area contributed by atoms with Crippen LogP contribution in [0.1, 0.15) is 20.8 Å². The number of likely N-dealkylation sites (N-methyl/N-ethyl adjacent to an activating group) is 1. The van der Waals surface area contributed by atoms with Gasteiger partial charge in [0, 0.05) is 58.9 Å². The molecule has 13 nitrogen and oxygen atoms in total. The smallest absolute Gasteiger partial charge is 0.322 e. The monoisotopic (exact) mass is 489 g/mol. The molecular formula is C21H39N5O8. The quantitative estimate of drug-likeness (QED) is 0.235. The van der Waals surface area contributed by atoms with Crippen LogP contribution in [0.4, 0.5) is 0 Å². The fourth-order valence-electron chi connectivity index (χ4n) is 3.98. The number of nitrogens with one attached hydrogen (secondary N) is 1. The van der Waals surface area contributed by atoms with E-state index in [1.807, 2.05) is 0 Å². The molecule has 13 heteroatoms. The van der Waals surface area contributed by atoms with Crippen molar-refractivity contribution in [3.05, 3.63) is 0 Å². The maximum Gasteiger partial charge on any atom is 0.322 e. The topological polar surface area (TPSA) is 174 Å². The van der Waals surface area contributed by atoms with Gasteiger partial charge in [0.25, 0.3) is 0 Å². The fraction of sp³-hybridized carbons (Fsp3) is 0.810. The minimum absolute atomic E-state index is 0.169. The van der Waals surface area contributed by atoms with Crippen molar-refractivity contribution >= 4 is 23.9 Å². The molecule has 5 N–H and O–H groups in total. The lowest BCUT2D eigenvalue weighted by molar-refractivity contribution is -0.147. The second-order valence-electron chi connectivity index (χ2n) is 8.60. The number of aliphatic carboxylic acids is 4. The number of carboxylic acid groups (broad SMARTS) is 4. The number of hydrogen-bond donors (Lipinski definition) is 5. The summed E-state index contributed by atoms with van der Waals surface area (Å²) in [6.45, 7) is 6.86. The molecule has 1 aliphatic heterocycles. The highest BCUT2D eigenvalue weighted by atomic mass is 16.4. The van der Waals surface area contributed by atoms with Gasteiger partial charge in [0.05, 0.1) is 0 Å². The van der Waals surface area contributed by atoms with Crippen molar-refractivity contribution in [3.63, 3.8) is 0 Å². The second-order valence-corrected chi connectivity index (χ2v) is 8.60. The summed E-state index contributed by atoms with van der Waals surface area (Å²) in [5.41, 5.74) is 0. The average Bonchev–Trinajstić information content (AvgIpc) is 2.76. The van der Waals surface area contributed by atoms with Crippen LogP contribution in [0.5, 0.6) is 0 Å². The summed E-state index contributed by atoms with van der Waals surface area (Å²) < 4.78 is 0. The number of hydrogen-bond acceptors (Lipinski definition) is 9. The van der Waals surface area contributed by atoms with Crippen molar-refractivity contribution in [3.8, 4) is 0 Å². The maximum absolute atomic E-state index is 11.9. The predicted octanol–water partition coefficient (Wildman–Crippen LogP) is -1.70. The Kier molecular flexibility index (Phi) is 12.4. The first-order valence-corrected chi connectivity index (χ1v) is 11.4. The van der Waals surface area contributed by atoms with Gasteiger partial charge in [0.15, 0.2) is 0 Å². The van der Waals surface area contributed by atoms with E-state index in [1.54, 1.807) is 47.4 Å². The number of carboxylic acids is 4. The van der Waals surface area contributed by atoms with E-state index in [0.717, 1.165) is 0 Å². The van der Waals surface area contributed by atoms with Crippen molar-refractivity contribution < 1.29 is 39.6 Å². The summed E-state index contributed by atoms with van der Waals surface area (Å²) in [6, 6.07) is -3.40. The van der Waals surface area contributed by atoms with Gasteiger partial charge in [-0.2, -0.15) is 0 Å². The highest BCUT2D eigenvalue weighted by molar-refractivity contribution is 5.74. The minimum Gasteiger partial charge on any atom is -0.480 e. The minimum atomic E-state index is -1.03. The first-order chi connectivity index (χ1) is 15.9. The summed E-state index contributed by atoms with van der Waals surface area (Å²) in [4.78, 5) is 53.8. The summed E-state index contributed by atoms with van der Waals surface area (Å²) >= 11 is 0. The Balaban J connectivity index is 3.29. The molecule has 1 saturated heterocycles. The molecule has 0 bridgehead atoms. The van der Waals surface area contributed by atoms with Crippen LogP contribution in [0.2, 0.25) is 0 Å². The lowest BCUT2D eigenvalue weighted by Crippen LogP contribution is -2.56. The van der Waals surface area contributed by atoms with Crippen molar-refractivity contribution in [1.29, 1.82) is 0 Å². The molecule has 1 aliphatic rings. The third kappa shape index (κ3) is 8.80. The molecule has 4 unspecified atom stereocenters. The third-order valence-electron chi connectivity index (χ3n) is 6.54. The van der Waals surface area contributed by atoms with Crippen molar-refractivity contribution in [2.75, 3.05) is 66.0 Å². The molecule has 0 aliphatic carbocycles. The SMILES string of the molecule is CNCC(C(=O)O)N1CCN(C(C)C(=O)O)CCN(C(C)C(=O)O)CCN(C(C)C(=O)O)CC1. The van der Waals surface area contributed by atoms with Crippen molar-refractivity contribution in [1.82, 2.24) is 24.9 Å². The van der Waals surface area contributed by atoms with E-state index in [4.69, 9.17) is 0 Å². The molecule has 0 radical (unpaired) electrons. The van der Waals surface area contributed by atoms with Crippen molar-refractivity contribution in [2.24, 2.45) is 0 Å². The first kappa shape index (κ1) is 29.7. The zero-order chi connectivity index (χ0) is 26.0. The van der Waals surface area contributed by atoms with Gasteiger partial charge in [-0.3, -0.25) is 38.8 Å². The normalized spacial score (nSPS) is 22.0. The Morgan fingerprint density at radius 3 is 1.06 bits per heavy atom. The van der Waals surface area contributed by atoms with Crippen LogP contribution in [-0.2, 0) is 19.2 Å². The zero-order valence-corrected chi connectivity index (χ0v) is 20.4. The van der Waals surface area contributed by atoms with Gasteiger partial charge in [-0.15, -0.1) is 0 Å². The van der Waals surface area contributed by atoms with Crippen LogP contribution in [0.15, 0.2) is 0 Å². The van der Waals surface area contributed by atoms with Crippen LogP contribution >= 0.6 is 0 Å². The Labute approximate surface area is 199 Å². The molecule has 0 spiro atoms. The standard InChI is InChI=1S/C21H39N5O8/c1-14(18(27)28)23-5-7-24(15(2)19(29)30)9-11-26(17(13-22-4)21(33)34)12-10-25(8-6-23)16(3)20(31)32/h14-17,22H,5-13H2,1-4H3,(H,27,28)(H,29,30)(H,31,32)(H,33,34). The van der Waals surface area contributed by atoms with Gasteiger partial charge in [0.1, 0.15) is 24.2 Å². The zero-order valence-electron chi connectivity index (χ0n) is 20.4. The van der Waals surface area contributed by atoms with Crippen molar-refractivity contribution in [2.45, 2.75) is 44.9 Å². The Morgan fingerprint density at radius 1 is 0.588 bits per heavy atom. The maximum atomic E-state index is 11.9. The second kappa shape index (κ2) is 14.2. The number of rotatable bonds is 10. The van der Waals surface area contributed by atoms with Crippen LogP contribution in [0.3, 0.4) is 0 Å². The van der Waals surface area contributed by atoms with E-state index in [2.05, 4.69) is 5.32 Å². The summed E-state index contributed by atoms with van der Waals surface area (Å²) in [5.74, 6) is -4.10. The molecule has 0 saturated carbocycles. The average molecular weight is 490 g/mol. The number of carbonyl (C=O) groups is 4. The largest absolute Gasteiger partial charge is 0.480 e. The number of nitrogens with zero attached hydrogens (tertiary/aromatic N) is 4. The molecule has 1 rings (SSSR count). The van der Waals surface area contributed by atoms with E-state index in [0.29, 0.717) is 0 Å². The van der Waals surface area contributed by atoms with Crippen LogP contribution in [0, 0.1) is 0 Å². The molecule has 4 atom stereocenters. The summed E-state index contributed by atoms with van der Waals surface area (Å²) in [6.07, 6.45) is 0. The summed E-state index contributed by atoms with van der Waals surface area (Å²) in [5, 5.41) is 41.3. The predicted molar refractivity (Wildman–Crippen MR) is 123 cm³/mol. The Morgan fingerprint density at radius 2 is 0.853 bits per heavy atom. The molecule has 0 aromatic carbocycles. The highest BCUT2D eigenvalue weighted by Crippen LogP contribution is 2.11. The van der Waals surface area contributed by atoms with E-state index >= 15 is 0 Å². The lowest BCUT2D eigenvalue weighted by atomic mass is 10.2. The highest BCUT2D eigenvalue weighted by Gasteiger charge is 2.31. The van der Waals surface area contributed by atoms with E-state index in [-0.39, 0.29) is 58.9 Å². The first-order valence-electron chi connectivity index (χ1n) is 11.4. The molecule has 0 amide bonds. The molecule has 0 aromatic heterocycles. The third-order valence-corrected chi connectivity index (χ3v) is 6.54. The Bertz CT molecular complexity index is 673. The van der Waals surface area contributed by atoms with Gasteiger partial charge >= 0.3 is 23.9 Å². The molecule has 1 fully saturated rings. The van der Waals surface area contributed by atoms with Gasteiger partial charge in [0.2, 0.25) is 0 Å². The molecular weight excluding hydrogens is 450 g/mol. The van der Waals surface area contributed by atoms with E-state index in [9.17, 15) is 39.6 Å². The summed E-state index contributed by atoms with van der Waals surface area (Å²) in [7, 11) is 1.64. The lowest BCUT2D eigenvalue weighted by Gasteiger charge is -2.38. The van der Waals surface area contributed by atoms with Gasteiger partial charge in [-0.25, -0.2) is 0 Å². The van der Waals surface area contributed by atoms with Gasteiger partial charge in [-0.1, -0.05) is 0 Å². The molecule has 196 valence electrons. The molecule has 0 aromatic rings. The van der Waals surface area contributed by atoms with Crippen LogP contribution in [-0.4, -0.2) is 154 Å². The van der Waals surface area contributed by atoms with Crippen LogP contribution < -0.4 is 5.32 Å². The van der Waals surface area contributed by atoms with E-state index in [1.165, 1.54) is 0 Å². The molecule has 34 heavy (non-hydrogen) atoms.